The summed E-state index contributed by atoms with van der Waals surface area (Å²) in [7, 11) is 0. The molecule has 0 fully saturated rings. The molecule has 0 bridgehead atoms. The molecule has 3 aromatic heterocycles. The smallest absolute Gasteiger partial charge is 0.267 e. The first-order valence-corrected chi connectivity index (χ1v) is 11.6. The molecule has 0 aliphatic heterocycles. The van der Waals surface area contributed by atoms with Gasteiger partial charge >= 0.3 is 0 Å². The summed E-state index contributed by atoms with van der Waals surface area (Å²) in [5, 5.41) is 5.45. The van der Waals surface area contributed by atoms with Crippen molar-refractivity contribution in [3.05, 3.63) is 68.6 Å². The zero-order valence-electron chi connectivity index (χ0n) is 16.3. The third kappa shape index (κ3) is 3.42. The van der Waals surface area contributed by atoms with Crippen LogP contribution in [0.2, 0.25) is 0 Å². The van der Waals surface area contributed by atoms with Crippen molar-refractivity contribution in [1.82, 2.24) is 14.7 Å². The van der Waals surface area contributed by atoms with E-state index in [4.69, 9.17) is 9.51 Å². The van der Waals surface area contributed by atoms with Gasteiger partial charge in [0, 0.05) is 10.9 Å². The first-order chi connectivity index (χ1) is 14.1. The molecule has 4 aromatic rings. The maximum atomic E-state index is 13.7. The van der Waals surface area contributed by atoms with Gasteiger partial charge in [0.25, 0.3) is 5.56 Å². The Hall–Kier alpha value is -2.38. The van der Waals surface area contributed by atoms with Gasteiger partial charge < -0.3 is 4.52 Å². The highest BCUT2D eigenvalue weighted by molar-refractivity contribution is 7.98. The minimum atomic E-state index is 0.0319. The first kappa shape index (κ1) is 18.6. The Morgan fingerprint density at radius 3 is 2.90 bits per heavy atom. The van der Waals surface area contributed by atoms with E-state index in [-0.39, 0.29) is 5.56 Å². The van der Waals surface area contributed by atoms with E-state index >= 15 is 0 Å². The fraction of sp³-hybridized carbons (Fsp3) is 0.318. The van der Waals surface area contributed by atoms with Crippen LogP contribution in [0.25, 0.3) is 15.9 Å². The van der Waals surface area contributed by atoms with Gasteiger partial charge in [0.2, 0.25) is 0 Å². The third-order valence-electron chi connectivity index (χ3n) is 5.33. The van der Waals surface area contributed by atoms with Crippen molar-refractivity contribution < 1.29 is 4.52 Å². The fourth-order valence-electron chi connectivity index (χ4n) is 3.89. The molecular formula is C22H21N3O2S2. The molecule has 1 unspecified atom stereocenters. The molecule has 0 saturated heterocycles. The van der Waals surface area contributed by atoms with Gasteiger partial charge in [-0.2, -0.15) is 0 Å². The van der Waals surface area contributed by atoms with Gasteiger partial charge in [0.1, 0.15) is 10.6 Å². The van der Waals surface area contributed by atoms with Crippen molar-refractivity contribution in [2.24, 2.45) is 5.92 Å². The van der Waals surface area contributed by atoms with Crippen molar-refractivity contribution in [1.29, 1.82) is 0 Å². The second-order valence-electron chi connectivity index (χ2n) is 7.63. The Balaban J connectivity index is 1.67. The largest absolute Gasteiger partial charge is 0.360 e. The van der Waals surface area contributed by atoms with Crippen molar-refractivity contribution in [2.45, 2.75) is 44.0 Å². The number of aryl methyl sites for hydroxylation is 2. The summed E-state index contributed by atoms with van der Waals surface area (Å²) >= 11 is 3.20. The van der Waals surface area contributed by atoms with Crippen LogP contribution < -0.4 is 5.56 Å². The molecule has 0 radical (unpaired) electrons. The van der Waals surface area contributed by atoms with E-state index < -0.39 is 0 Å². The summed E-state index contributed by atoms with van der Waals surface area (Å²) in [6, 6.07) is 11.7. The van der Waals surface area contributed by atoms with Crippen molar-refractivity contribution in [3.8, 4) is 5.69 Å². The third-order valence-corrected chi connectivity index (χ3v) is 7.44. The molecule has 0 N–H and O–H groups in total. The summed E-state index contributed by atoms with van der Waals surface area (Å²) in [6.45, 7) is 4.18. The SMILES string of the molecule is Cc1cc(CSc2nc3sc4c(c3c(=O)n2-c2ccccc2)CCC(C)C4)on1. The van der Waals surface area contributed by atoms with E-state index in [9.17, 15) is 4.79 Å². The Morgan fingerprint density at radius 1 is 1.31 bits per heavy atom. The molecule has 1 atom stereocenters. The number of hydrogen-bond donors (Lipinski definition) is 0. The van der Waals surface area contributed by atoms with Gasteiger partial charge in [0.15, 0.2) is 5.16 Å². The van der Waals surface area contributed by atoms with Gasteiger partial charge in [-0.3, -0.25) is 9.36 Å². The van der Waals surface area contributed by atoms with Crippen LogP contribution in [0.3, 0.4) is 0 Å². The molecule has 1 aliphatic carbocycles. The minimum absolute atomic E-state index is 0.0319. The second kappa shape index (κ2) is 7.46. The first-order valence-electron chi connectivity index (χ1n) is 9.78. The second-order valence-corrected chi connectivity index (χ2v) is 9.65. The lowest BCUT2D eigenvalue weighted by Gasteiger charge is -2.17. The van der Waals surface area contributed by atoms with E-state index in [1.807, 2.05) is 43.3 Å². The van der Waals surface area contributed by atoms with Crippen LogP contribution >= 0.6 is 23.1 Å². The topological polar surface area (TPSA) is 60.9 Å². The number of thioether (sulfide) groups is 1. The summed E-state index contributed by atoms with van der Waals surface area (Å²) < 4.78 is 7.10. The van der Waals surface area contributed by atoms with Gasteiger partial charge in [-0.1, -0.05) is 42.0 Å². The van der Waals surface area contributed by atoms with E-state index in [0.717, 1.165) is 46.6 Å². The zero-order chi connectivity index (χ0) is 20.0. The highest BCUT2D eigenvalue weighted by Gasteiger charge is 2.25. The van der Waals surface area contributed by atoms with Crippen LogP contribution in [0.5, 0.6) is 0 Å². The predicted molar refractivity (Wildman–Crippen MR) is 117 cm³/mol. The van der Waals surface area contributed by atoms with E-state index in [0.29, 0.717) is 16.8 Å². The fourth-order valence-corrected chi connectivity index (χ4v) is 6.20. The van der Waals surface area contributed by atoms with Gasteiger partial charge in [-0.25, -0.2) is 4.98 Å². The molecule has 5 rings (SSSR count). The van der Waals surface area contributed by atoms with Crippen LogP contribution in [0.15, 0.2) is 50.9 Å². The predicted octanol–water partition coefficient (Wildman–Crippen LogP) is 5.16. The Kier molecular flexibility index (Phi) is 4.80. The quantitative estimate of drug-likeness (QED) is 0.335. The molecule has 0 saturated carbocycles. The number of fused-ring (bicyclic) bond motifs is 3. The highest BCUT2D eigenvalue weighted by atomic mass is 32.2. The van der Waals surface area contributed by atoms with E-state index in [2.05, 4.69) is 12.1 Å². The number of para-hydroxylation sites is 1. The molecule has 0 amide bonds. The lowest BCUT2D eigenvalue weighted by molar-refractivity contribution is 0.391. The lowest BCUT2D eigenvalue weighted by Crippen LogP contribution is -2.22. The maximum Gasteiger partial charge on any atom is 0.267 e. The van der Waals surface area contributed by atoms with Crippen LogP contribution in [-0.4, -0.2) is 14.7 Å². The normalized spacial score (nSPS) is 16.3. The number of aromatic nitrogens is 3. The molecule has 1 aliphatic rings. The molecule has 0 spiro atoms. The molecular weight excluding hydrogens is 402 g/mol. The zero-order valence-corrected chi connectivity index (χ0v) is 18.0. The van der Waals surface area contributed by atoms with Crippen LogP contribution in [0, 0.1) is 12.8 Å². The van der Waals surface area contributed by atoms with E-state index in [1.165, 1.54) is 22.2 Å². The Bertz CT molecular complexity index is 1240. The van der Waals surface area contributed by atoms with Crippen molar-refractivity contribution in [2.75, 3.05) is 0 Å². The molecule has 5 nitrogen and oxygen atoms in total. The molecule has 3 heterocycles. The maximum absolute atomic E-state index is 13.7. The van der Waals surface area contributed by atoms with Gasteiger partial charge in [-0.15, -0.1) is 11.3 Å². The number of benzene rings is 1. The van der Waals surface area contributed by atoms with Crippen molar-refractivity contribution >= 4 is 33.3 Å². The van der Waals surface area contributed by atoms with Crippen LogP contribution in [-0.2, 0) is 18.6 Å². The van der Waals surface area contributed by atoms with Gasteiger partial charge in [0.05, 0.1) is 22.5 Å². The summed E-state index contributed by atoms with van der Waals surface area (Å²) in [4.78, 5) is 20.8. The summed E-state index contributed by atoms with van der Waals surface area (Å²) in [5.74, 6) is 2.02. The number of thiophene rings is 1. The minimum Gasteiger partial charge on any atom is -0.360 e. The standard InChI is InChI=1S/C22H21N3O2S2/c1-13-8-9-17-18(10-13)29-20-19(17)21(26)25(15-6-4-3-5-7-15)22(23-20)28-12-16-11-14(2)24-27-16/h3-7,11,13H,8-10,12H2,1-2H3. The molecule has 29 heavy (non-hydrogen) atoms. The monoisotopic (exact) mass is 423 g/mol. The molecule has 7 heteroatoms. The Labute approximate surface area is 176 Å². The average Bonchev–Trinajstić information content (AvgIpc) is 3.29. The number of hydrogen-bond acceptors (Lipinski definition) is 6. The average molecular weight is 424 g/mol. The highest BCUT2D eigenvalue weighted by Crippen LogP contribution is 2.37. The molecule has 1 aromatic carbocycles. The van der Waals surface area contributed by atoms with Crippen molar-refractivity contribution in [3.63, 3.8) is 0 Å². The summed E-state index contributed by atoms with van der Waals surface area (Å²) in [5.41, 5.74) is 2.94. The van der Waals surface area contributed by atoms with Crippen LogP contribution in [0.1, 0.15) is 35.2 Å². The lowest BCUT2D eigenvalue weighted by atomic mass is 9.89. The van der Waals surface area contributed by atoms with Gasteiger partial charge in [-0.05, 0) is 49.8 Å². The van der Waals surface area contributed by atoms with E-state index in [1.54, 1.807) is 15.9 Å². The molecule has 148 valence electrons. The number of rotatable bonds is 4. The summed E-state index contributed by atoms with van der Waals surface area (Å²) in [6.07, 6.45) is 3.14. The Morgan fingerprint density at radius 2 is 2.14 bits per heavy atom. The number of nitrogens with zero attached hydrogens (tertiary/aromatic N) is 3. The van der Waals surface area contributed by atoms with Crippen LogP contribution in [0.4, 0.5) is 0 Å².